The first kappa shape index (κ1) is 13.2. The van der Waals surface area contributed by atoms with Crippen molar-refractivity contribution in [2.24, 2.45) is 0 Å². The summed E-state index contributed by atoms with van der Waals surface area (Å²) in [5, 5.41) is 8.40. The van der Waals surface area contributed by atoms with E-state index >= 15 is 0 Å². The highest BCUT2D eigenvalue weighted by molar-refractivity contribution is 7.18. The molecule has 5 N–H and O–H groups in total. The number of carbonyl (C=O) groups excluding carboxylic acids is 2. The van der Waals surface area contributed by atoms with E-state index < -0.39 is 5.91 Å². The molecule has 17 heavy (non-hydrogen) atoms. The van der Waals surface area contributed by atoms with Crippen LogP contribution in [0.1, 0.15) is 16.6 Å². The van der Waals surface area contributed by atoms with E-state index in [-0.39, 0.29) is 18.3 Å². The average Bonchev–Trinajstić information content (AvgIpc) is 2.68. The second-order valence-corrected chi connectivity index (χ2v) is 4.12. The molecule has 1 heterocycles. The van der Waals surface area contributed by atoms with E-state index in [9.17, 15) is 9.59 Å². The summed E-state index contributed by atoms with van der Waals surface area (Å²) in [5.74, 6) is -0.474. The molecule has 0 saturated heterocycles. The number of nitrogen functional groups attached to an aromatic ring is 1. The zero-order valence-electron chi connectivity index (χ0n) is 9.66. The largest absolute Gasteiger partial charge is 0.382 e. The zero-order valence-corrected chi connectivity index (χ0v) is 10.5. The molecule has 0 spiro atoms. The van der Waals surface area contributed by atoms with E-state index in [0.29, 0.717) is 16.6 Å². The summed E-state index contributed by atoms with van der Waals surface area (Å²) in [5.41, 5.74) is 5.58. The number of hydrogen-bond acceptors (Lipinski definition) is 6. The van der Waals surface area contributed by atoms with Crippen molar-refractivity contribution < 1.29 is 9.59 Å². The van der Waals surface area contributed by atoms with Gasteiger partial charge in [-0.2, -0.15) is 0 Å². The van der Waals surface area contributed by atoms with Crippen LogP contribution in [-0.2, 0) is 4.79 Å². The number of thiazole rings is 1. The predicted molar refractivity (Wildman–Crippen MR) is 67.1 cm³/mol. The second kappa shape index (κ2) is 6.04. The molecule has 94 valence electrons. The number of rotatable bonds is 5. The fourth-order valence-corrected chi connectivity index (χ4v) is 1.86. The lowest BCUT2D eigenvalue weighted by Gasteiger charge is -2.03. The summed E-state index contributed by atoms with van der Waals surface area (Å²) in [6.45, 7) is 2.26. The highest BCUT2D eigenvalue weighted by Crippen LogP contribution is 2.23. The fourth-order valence-electron chi connectivity index (χ4n) is 1.10. The number of carbonyl (C=O) groups is 2. The van der Waals surface area contributed by atoms with Gasteiger partial charge in [0.1, 0.15) is 10.7 Å². The molecule has 0 bridgehead atoms. The predicted octanol–water partition coefficient (Wildman–Crippen LogP) is -0.367. The van der Waals surface area contributed by atoms with Gasteiger partial charge in [0.25, 0.3) is 5.91 Å². The molecule has 1 aromatic heterocycles. The number of nitrogens with one attached hydrogen (secondary N) is 3. The standard InChI is InChI=1S/C9H15N5O2S/c1-3-12-5(15)4-13-8(16)6-7(10)14-9(11-2)17-6/h3-4,10H2,1-2H3,(H,11,14)(H,12,15)(H,13,16). The van der Waals surface area contributed by atoms with Crippen molar-refractivity contribution in [3.8, 4) is 0 Å². The summed E-state index contributed by atoms with van der Waals surface area (Å²) in [6, 6.07) is 0. The lowest BCUT2D eigenvalue weighted by molar-refractivity contribution is -0.120. The van der Waals surface area contributed by atoms with Gasteiger partial charge in [0.2, 0.25) is 5.91 Å². The summed E-state index contributed by atoms with van der Waals surface area (Å²) in [6.07, 6.45) is 0. The van der Waals surface area contributed by atoms with Crippen molar-refractivity contribution in [3.63, 3.8) is 0 Å². The van der Waals surface area contributed by atoms with E-state index in [1.54, 1.807) is 14.0 Å². The number of anilines is 2. The van der Waals surface area contributed by atoms with Gasteiger partial charge in [-0.05, 0) is 6.92 Å². The second-order valence-electron chi connectivity index (χ2n) is 3.12. The minimum Gasteiger partial charge on any atom is -0.382 e. The molecule has 7 nitrogen and oxygen atoms in total. The summed E-state index contributed by atoms with van der Waals surface area (Å²) < 4.78 is 0. The van der Waals surface area contributed by atoms with E-state index in [1.165, 1.54) is 0 Å². The molecule has 0 aliphatic carbocycles. The van der Waals surface area contributed by atoms with Crippen LogP contribution >= 0.6 is 11.3 Å². The quantitative estimate of drug-likeness (QED) is 0.575. The van der Waals surface area contributed by atoms with Gasteiger partial charge in [-0.25, -0.2) is 4.98 Å². The van der Waals surface area contributed by atoms with Crippen LogP contribution in [0.5, 0.6) is 0 Å². The monoisotopic (exact) mass is 257 g/mol. The van der Waals surface area contributed by atoms with Gasteiger partial charge in [-0.15, -0.1) is 0 Å². The molecule has 8 heteroatoms. The lowest BCUT2D eigenvalue weighted by atomic mass is 10.4. The van der Waals surface area contributed by atoms with Gasteiger partial charge in [-0.3, -0.25) is 9.59 Å². The van der Waals surface area contributed by atoms with Crippen LogP contribution in [0.2, 0.25) is 0 Å². The van der Waals surface area contributed by atoms with E-state index in [1.807, 2.05) is 0 Å². The fraction of sp³-hybridized carbons (Fsp3) is 0.444. The molecule has 0 aromatic carbocycles. The Hall–Kier alpha value is -1.83. The Balaban J connectivity index is 2.57. The van der Waals surface area contributed by atoms with Crippen LogP contribution < -0.4 is 21.7 Å². The van der Waals surface area contributed by atoms with Gasteiger partial charge >= 0.3 is 0 Å². The van der Waals surface area contributed by atoms with E-state index in [2.05, 4.69) is 20.9 Å². The molecule has 0 radical (unpaired) electrons. The Morgan fingerprint density at radius 3 is 2.65 bits per heavy atom. The zero-order chi connectivity index (χ0) is 12.8. The number of aromatic nitrogens is 1. The molecule has 0 fully saturated rings. The third-order valence-electron chi connectivity index (χ3n) is 1.86. The Morgan fingerprint density at radius 2 is 2.12 bits per heavy atom. The molecule has 1 rings (SSSR count). The lowest BCUT2D eigenvalue weighted by Crippen LogP contribution is -2.36. The Labute approximate surface area is 103 Å². The van der Waals surface area contributed by atoms with Gasteiger partial charge in [0, 0.05) is 13.6 Å². The first-order valence-electron chi connectivity index (χ1n) is 5.07. The Morgan fingerprint density at radius 1 is 1.41 bits per heavy atom. The van der Waals surface area contributed by atoms with Crippen molar-refractivity contribution >= 4 is 34.1 Å². The third kappa shape index (κ3) is 3.59. The summed E-state index contributed by atoms with van der Waals surface area (Å²) >= 11 is 1.14. The Bertz CT molecular complexity index is 418. The topological polar surface area (TPSA) is 109 Å². The molecule has 0 atom stereocenters. The van der Waals surface area contributed by atoms with Crippen LogP contribution in [0.15, 0.2) is 0 Å². The van der Waals surface area contributed by atoms with E-state index in [0.717, 1.165) is 11.3 Å². The highest BCUT2D eigenvalue weighted by Gasteiger charge is 2.16. The number of likely N-dealkylation sites (N-methyl/N-ethyl adjacent to an activating group) is 1. The minimum atomic E-state index is -0.396. The molecule has 0 aliphatic heterocycles. The summed E-state index contributed by atoms with van der Waals surface area (Å²) in [7, 11) is 1.69. The van der Waals surface area contributed by atoms with Crippen molar-refractivity contribution in [2.75, 3.05) is 31.2 Å². The van der Waals surface area contributed by atoms with Crippen molar-refractivity contribution in [2.45, 2.75) is 6.92 Å². The molecule has 0 unspecified atom stereocenters. The van der Waals surface area contributed by atoms with E-state index in [4.69, 9.17) is 5.73 Å². The minimum absolute atomic E-state index is 0.0705. The van der Waals surface area contributed by atoms with Crippen LogP contribution in [0.4, 0.5) is 10.9 Å². The maximum absolute atomic E-state index is 11.7. The number of nitrogens with zero attached hydrogens (tertiary/aromatic N) is 1. The number of nitrogens with two attached hydrogens (primary N) is 1. The van der Waals surface area contributed by atoms with Crippen LogP contribution in [0.3, 0.4) is 0 Å². The van der Waals surface area contributed by atoms with Crippen LogP contribution in [-0.4, -0.2) is 36.9 Å². The number of amides is 2. The van der Waals surface area contributed by atoms with Crippen molar-refractivity contribution in [1.29, 1.82) is 0 Å². The smallest absolute Gasteiger partial charge is 0.265 e. The highest BCUT2D eigenvalue weighted by atomic mass is 32.1. The van der Waals surface area contributed by atoms with Crippen molar-refractivity contribution in [3.05, 3.63) is 4.88 Å². The average molecular weight is 257 g/mol. The molecule has 2 amide bonds. The maximum atomic E-state index is 11.7. The summed E-state index contributed by atoms with van der Waals surface area (Å²) in [4.78, 5) is 27.1. The van der Waals surface area contributed by atoms with Crippen LogP contribution in [0, 0.1) is 0 Å². The maximum Gasteiger partial charge on any atom is 0.265 e. The first-order valence-corrected chi connectivity index (χ1v) is 5.89. The van der Waals surface area contributed by atoms with Gasteiger partial charge in [-0.1, -0.05) is 11.3 Å². The number of hydrogen-bond donors (Lipinski definition) is 4. The molecule has 0 saturated carbocycles. The van der Waals surface area contributed by atoms with Crippen LogP contribution in [0.25, 0.3) is 0 Å². The van der Waals surface area contributed by atoms with Gasteiger partial charge in [0.05, 0.1) is 6.54 Å². The first-order chi connectivity index (χ1) is 8.08. The van der Waals surface area contributed by atoms with Crippen molar-refractivity contribution in [1.82, 2.24) is 15.6 Å². The normalized spacial score (nSPS) is 9.76. The Kier molecular flexibility index (Phi) is 4.70. The van der Waals surface area contributed by atoms with Gasteiger partial charge in [0.15, 0.2) is 5.13 Å². The van der Waals surface area contributed by atoms with Gasteiger partial charge < -0.3 is 21.7 Å². The molecular formula is C9H15N5O2S. The molecule has 0 aliphatic rings. The third-order valence-corrected chi connectivity index (χ3v) is 2.94. The molecule has 1 aromatic rings. The molecular weight excluding hydrogens is 242 g/mol. The SMILES string of the molecule is CCNC(=O)CNC(=O)c1sc(NC)nc1N.